The molecule has 3 N–H and O–H groups in total. The highest BCUT2D eigenvalue weighted by atomic mass is 19.3. The van der Waals surface area contributed by atoms with Crippen molar-refractivity contribution in [2.75, 3.05) is 37.4 Å². The number of methoxy groups -OCH3 is 1. The van der Waals surface area contributed by atoms with Crippen LogP contribution in [0.4, 0.5) is 26.0 Å². The number of nitrogens with one attached hydrogen (secondary N) is 3. The van der Waals surface area contributed by atoms with Gasteiger partial charge in [-0.2, -0.15) is 5.26 Å². The number of benzene rings is 1. The molecule has 4 rings (SSSR count). The quantitative estimate of drug-likeness (QED) is 0.507. The molecule has 1 aliphatic heterocycles. The predicted octanol–water partition coefficient (Wildman–Crippen LogP) is 4.49. The van der Waals surface area contributed by atoms with E-state index in [1.807, 2.05) is 6.92 Å². The summed E-state index contributed by atoms with van der Waals surface area (Å²) in [6.07, 6.45) is 0.952. The van der Waals surface area contributed by atoms with Gasteiger partial charge in [-0.3, -0.25) is 4.79 Å². The number of rotatable bonds is 6. The third-order valence-electron chi connectivity index (χ3n) is 5.62. The number of carbonyl (C=O) groups is 1. The molecule has 172 valence electrons. The van der Waals surface area contributed by atoms with Gasteiger partial charge in [-0.25, -0.2) is 13.8 Å². The van der Waals surface area contributed by atoms with Crippen molar-refractivity contribution >= 4 is 34.1 Å². The first kappa shape index (κ1) is 22.3. The number of H-pyrrole nitrogens is 1. The fourth-order valence-corrected chi connectivity index (χ4v) is 3.90. The van der Waals surface area contributed by atoms with Crippen LogP contribution in [0.25, 0.3) is 11.0 Å². The van der Waals surface area contributed by atoms with E-state index in [1.165, 1.54) is 12.0 Å². The maximum Gasteiger partial charge on any atom is 0.253 e. The molecule has 0 saturated carbocycles. The number of nitriles is 1. The van der Waals surface area contributed by atoms with E-state index in [-0.39, 0.29) is 31.8 Å². The van der Waals surface area contributed by atoms with E-state index in [2.05, 4.69) is 26.7 Å². The average molecular weight is 454 g/mol. The molecule has 1 amide bonds. The third-order valence-corrected chi connectivity index (χ3v) is 5.62. The lowest BCUT2D eigenvalue weighted by Gasteiger charge is -2.31. The Hall–Kier alpha value is -3.87. The number of aromatic amines is 1. The molecule has 0 bridgehead atoms. The molecule has 0 spiro atoms. The zero-order valence-corrected chi connectivity index (χ0v) is 18.3. The lowest BCUT2D eigenvalue weighted by atomic mass is 10.1. The molecule has 1 fully saturated rings. The molecule has 33 heavy (non-hydrogen) atoms. The van der Waals surface area contributed by atoms with Crippen molar-refractivity contribution in [3.8, 4) is 11.8 Å². The molecule has 1 saturated heterocycles. The van der Waals surface area contributed by atoms with Crippen LogP contribution in [0.3, 0.4) is 0 Å². The van der Waals surface area contributed by atoms with Crippen molar-refractivity contribution in [2.24, 2.45) is 0 Å². The van der Waals surface area contributed by atoms with E-state index in [9.17, 15) is 18.8 Å². The van der Waals surface area contributed by atoms with Gasteiger partial charge in [0.25, 0.3) is 11.8 Å². The van der Waals surface area contributed by atoms with E-state index >= 15 is 0 Å². The number of halogens is 2. The van der Waals surface area contributed by atoms with Crippen molar-refractivity contribution < 1.29 is 18.3 Å². The first-order chi connectivity index (χ1) is 15.8. The van der Waals surface area contributed by atoms with Crippen LogP contribution < -0.4 is 15.4 Å². The Morgan fingerprint density at radius 3 is 2.73 bits per heavy atom. The summed E-state index contributed by atoms with van der Waals surface area (Å²) in [6.45, 7) is 2.66. The lowest BCUT2D eigenvalue weighted by Crippen LogP contribution is -2.42. The first-order valence-electron chi connectivity index (χ1n) is 10.6. The van der Waals surface area contributed by atoms with Gasteiger partial charge >= 0.3 is 0 Å². The van der Waals surface area contributed by atoms with Crippen molar-refractivity contribution in [2.45, 2.75) is 25.7 Å². The molecule has 0 radical (unpaired) electrons. The molecule has 0 atom stereocenters. The Morgan fingerprint density at radius 1 is 1.30 bits per heavy atom. The van der Waals surface area contributed by atoms with Crippen LogP contribution in [0, 0.1) is 11.3 Å². The molecule has 3 heterocycles. The number of aromatic nitrogens is 2. The van der Waals surface area contributed by atoms with Crippen molar-refractivity contribution in [1.29, 1.82) is 5.26 Å². The number of ether oxygens (including phenoxy) is 1. The standard InChI is InChI=1S/C23H24F2N6O2/c1-3-27-17-11-19(30-21-20(17)15(12-26)13-28-21)29-16-5-4-14(10-18(16)33-2)22(32)31-8-6-23(24,25)7-9-31/h4-5,10-11,13H,3,6-9H2,1-2H3,(H3,27,28,29,30). The van der Waals surface area contributed by atoms with Gasteiger partial charge in [0, 0.05) is 50.3 Å². The van der Waals surface area contributed by atoms with Gasteiger partial charge in [0.15, 0.2) is 0 Å². The Labute approximate surface area is 189 Å². The summed E-state index contributed by atoms with van der Waals surface area (Å²) in [7, 11) is 1.49. The van der Waals surface area contributed by atoms with E-state index < -0.39 is 5.92 Å². The Bertz CT molecular complexity index is 1220. The van der Waals surface area contributed by atoms with Gasteiger partial charge in [-0.15, -0.1) is 0 Å². The van der Waals surface area contributed by atoms with Crippen LogP contribution >= 0.6 is 0 Å². The lowest BCUT2D eigenvalue weighted by molar-refractivity contribution is -0.0494. The second-order valence-corrected chi connectivity index (χ2v) is 7.81. The highest BCUT2D eigenvalue weighted by Gasteiger charge is 2.35. The number of hydrogen-bond donors (Lipinski definition) is 3. The summed E-state index contributed by atoms with van der Waals surface area (Å²) in [5.41, 5.74) is 2.76. The maximum absolute atomic E-state index is 13.4. The van der Waals surface area contributed by atoms with Gasteiger partial charge in [-0.05, 0) is 25.1 Å². The molecule has 1 aromatic carbocycles. The summed E-state index contributed by atoms with van der Waals surface area (Å²) < 4.78 is 32.3. The molecule has 8 nitrogen and oxygen atoms in total. The Kier molecular flexibility index (Phi) is 6.05. The number of nitrogens with zero attached hydrogens (tertiary/aromatic N) is 3. The summed E-state index contributed by atoms with van der Waals surface area (Å²) in [4.78, 5) is 21.8. The third kappa shape index (κ3) is 4.53. The van der Waals surface area contributed by atoms with Gasteiger partial charge in [0.2, 0.25) is 0 Å². The van der Waals surface area contributed by atoms with E-state index in [1.54, 1.807) is 30.5 Å². The van der Waals surface area contributed by atoms with Crippen molar-refractivity contribution in [3.05, 3.63) is 41.6 Å². The molecule has 0 aliphatic carbocycles. The van der Waals surface area contributed by atoms with Gasteiger partial charge in [0.05, 0.1) is 29.4 Å². The van der Waals surface area contributed by atoms with Gasteiger partial charge < -0.3 is 25.3 Å². The number of alkyl halides is 2. The maximum atomic E-state index is 13.4. The van der Waals surface area contributed by atoms with E-state index in [0.717, 1.165) is 5.69 Å². The highest BCUT2D eigenvalue weighted by Crippen LogP contribution is 2.33. The molecule has 10 heteroatoms. The molecule has 2 aromatic heterocycles. The average Bonchev–Trinajstić information content (AvgIpc) is 3.22. The Morgan fingerprint density at radius 2 is 2.06 bits per heavy atom. The number of carbonyl (C=O) groups excluding carboxylic acids is 1. The normalized spacial score (nSPS) is 15.2. The summed E-state index contributed by atoms with van der Waals surface area (Å²) in [5.74, 6) is -2.09. The summed E-state index contributed by atoms with van der Waals surface area (Å²) >= 11 is 0. The number of likely N-dealkylation sites (tertiary alicyclic amines) is 1. The van der Waals surface area contributed by atoms with Gasteiger partial charge in [0.1, 0.15) is 23.3 Å². The highest BCUT2D eigenvalue weighted by molar-refractivity contribution is 5.97. The first-order valence-corrected chi connectivity index (χ1v) is 10.6. The van der Waals surface area contributed by atoms with E-state index in [4.69, 9.17) is 4.74 Å². The number of fused-ring (bicyclic) bond motifs is 1. The minimum atomic E-state index is -2.71. The van der Waals surface area contributed by atoms with E-state index in [0.29, 0.717) is 46.0 Å². The molecular weight excluding hydrogens is 430 g/mol. The topological polar surface area (TPSA) is 106 Å². The number of pyridine rings is 1. The van der Waals surface area contributed by atoms with Crippen LogP contribution in [-0.2, 0) is 0 Å². The zero-order valence-electron chi connectivity index (χ0n) is 18.3. The van der Waals surface area contributed by atoms with Crippen molar-refractivity contribution in [1.82, 2.24) is 14.9 Å². The number of amides is 1. The van der Waals surface area contributed by atoms with Crippen LogP contribution in [0.15, 0.2) is 30.5 Å². The van der Waals surface area contributed by atoms with Crippen LogP contribution in [0.5, 0.6) is 5.75 Å². The minimum absolute atomic E-state index is 0.0200. The molecule has 1 aliphatic rings. The summed E-state index contributed by atoms with van der Waals surface area (Å²) in [5, 5.41) is 16.5. The van der Waals surface area contributed by atoms with Crippen LogP contribution in [0.2, 0.25) is 0 Å². The Balaban J connectivity index is 1.59. The molecule has 3 aromatic rings. The number of piperidine rings is 1. The van der Waals surface area contributed by atoms with Crippen LogP contribution in [-0.4, -0.2) is 53.4 Å². The minimum Gasteiger partial charge on any atom is -0.495 e. The number of hydrogen-bond acceptors (Lipinski definition) is 6. The molecule has 0 unspecified atom stereocenters. The van der Waals surface area contributed by atoms with Crippen molar-refractivity contribution in [3.63, 3.8) is 0 Å². The second-order valence-electron chi connectivity index (χ2n) is 7.81. The largest absolute Gasteiger partial charge is 0.495 e. The van der Waals surface area contributed by atoms with Crippen LogP contribution in [0.1, 0.15) is 35.7 Å². The predicted molar refractivity (Wildman–Crippen MR) is 121 cm³/mol. The smallest absolute Gasteiger partial charge is 0.253 e. The fraction of sp³-hybridized carbons (Fsp3) is 0.348. The number of anilines is 3. The SMILES string of the molecule is CCNc1cc(Nc2ccc(C(=O)N3CCC(F)(F)CC3)cc2OC)nc2[nH]cc(C#N)c12. The van der Waals surface area contributed by atoms with Gasteiger partial charge in [-0.1, -0.05) is 0 Å². The molecular formula is C23H24F2N6O2. The fourth-order valence-electron chi connectivity index (χ4n) is 3.90. The second kappa shape index (κ2) is 8.94. The monoisotopic (exact) mass is 454 g/mol. The summed E-state index contributed by atoms with van der Waals surface area (Å²) in [6, 6.07) is 8.87. The zero-order chi connectivity index (χ0) is 23.6.